The van der Waals surface area contributed by atoms with Gasteiger partial charge in [-0.1, -0.05) is 12.1 Å². The lowest BCUT2D eigenvalue weighted by Crippen LogP contribution is -2.35. The first-order valence-electron chi connectivity index (χ1n) is 10.3. The van der Waals surface area contributed by atoms with E-state index in [1.54, 1.807) is 47.4 Å². The third kappa shape index (κ3) is 3.69. The van der Waals surface area contributed by atoms with Gasteiger partial charge in [-0.25, -0.2) is 4.98 Å². The van der Waals surface area contributed by atoms with E-state index < -0.39 is 5.91 Å². The lowest BCUT2D eigenvalue weighted by atomic mass is 10.1. The molecule has 9 nitrogen and oxygen atoms in total. The van der Waals surface area contributed by atoms with Gasteiger partial charge in [0.25, 0.3) is 11.5 Å². The molecule has 1 amide bonds. The molecule has 5 aromatic heterocycles. The molecule has 0 bridgehead atoms. The van der Waals surface area contributed by atoms with Gasteiger partial charge in [-0.05, 0) is 48.4 Å². The van der Waals surface area contributed by atoms with Crippen LogP contribution in [0.4, 0.5) is 0 Å². The van der Waals surface area contributed by atoms with Gasteiger partial charge in [0.15, 0.2) is 0 Å². The van der Waals surface area contributed by atoms with Gasteiger partial charge in [0.1, 0.15) is 22.5 Å². The van der Waals surface area contributed by atoms with Crippen LogP contribution in [-0.2, 0) is 13.1 Å². The molecule has 5 heterocycles. The summed E-state index contributed by atoms with van der Waals surface area (Å²) in [5.74, 6) is 0.106. The number of carbonyl (C=O) groups excluding carboxylic acids is 1. The predicted molar refractivity (Wildman–Crippen MR) is 121 cm³/mol. The molecule has 0 spiro atoms. The van der Waals surface area contributed by atoms with Crippen LogP contribution >= 0.6 is 0 Å². The number of rotatable bonds is 5. The molecular formula is C24H20N6O3. The molecular weight excluding hydrogens is 420 g/mol. The zero-order valence-corrected chi connectivity index (χ0v) is 17.8. The Morgan fingerprint density at radius 1 is 1.18 bits per heavy atom. The highest BCUT2D eigenvalue weighted by Crippen LogP contribution is 2.14. The van der Waals surface area contributed by atoms with Gasteiger partial charge in [-0.2, -0.15) is 0 Å². The highest BCUT2D eigenvalue weighted by Gasteiger charge is 2.18. The summed E-state index contributed by atoms with van der Waals surface area (Å²) in [5.41, 5.74) is 2.21. The van der Waals surface area contributed by atoms with Crippen LogP contribution in [0.1, 0.15) is 27.2 Å². The number of fused-ring (bicyclic) bond motifs is 2. The third-order valence-corrected chi connectivity index (χ3v) is 5.44. The van der Waals surface area contributed by atoms with Crippen molar-refractivity contribution in [2.45, 2.75) is 20.0 Å². The molecule has 33 heavy (non-hydrogen) atoms. The smallest absolute Gasteiger partial charge is 0.267 e. The molecule has 5 rings (SSSR count). The van der Waals surface area contributed by atoms with Crippen LogP contribution in [0.15, 0.2) is 76.5 Å². The van der Waals surface area contributed by atoms with E-state index in [1.807, 2.05) is 19.1 Å². The maximum atomic E-state index is 13.4. The maximum absolute atomic E-state index is 13.4. The van der Waals surface area contributed by atoms with E-state index in [4.69, 9.17) is 14.8 Å². The number of pyridine rings is 3. The second-order valence-corrected chi connectivity index (χ2v) is 7.66. The van der Waals surface area contributed by atoms with Crippen LogP contribution in [0.3, 0.4) is 0 Å². The Labute approximate surface area is 187 Å². The Bertz CT molecular complexity index is 1600. The molecule has 0 unspecified atom stereocenters. The third-order valence-electron chi connectivity index (χ3n) is 5.44. The monoisotopic (exact) mass is 440 g/mol. The van der Waals surface area contributed by atoms with Crippen molar-refractivity contribution < 1.29 is 9.21 Å². The number of aromatic nitrogens is 4. The molecule has 5 aromatic rings. The number of aryl methyl sites for hydroxylation is 1. The van der Waals surface area contributed by atoms with E-state index in [-0.39, 0.29) is 35.1 Å². The molecule has 164 valence electrons. The highest BCUT2D eigenvalue weighted by atomic mass is 16.3. The number of nitrogens with zero attached hydrogens (tertiary/aromatic N) is 4. The van der Waals surface area contributed by atoms with Crippen molar-refractivity contribution >= 4 is 22.6 Å². The molecule has 0 aromatic carbocycles. The maximum Gasteiger partial charge on any atom is 0.267 e. The lowest BCUT2D eigenvalue weighted by Gasteiger charge is -2.15. The Morgan fingerprint density at radius 3 is 2.82 bits per heavy atom. The van der Waals surface area contributed by atoms with Crippen LogP contribution in [0.25, 0.3) is 16.7 Å². The van der Waals surface area contributed by atoms with E-state index in [9.17, 15) is 9.59 Å². The first kappa shape index (κ1) is 20.4. The fourth-order valence-electron chi connectivity index (χ4n) is 3.77. The van der Waals surface area contributed by atoms with Gasteiger partial charge >= 0.3 is 0 Å². The molecule has 0 aliphatic rings. The second kappa shape index (κ2) is 8.19. The molecule has 0 saturated heterocycles. The number of nitrogens with one attached hydrogen (secondary N) is 2. The fraction of sp³-hybridized carbons (Fsp3) is 0.125. The molecule has 0 fully saturated rings. The summed E-state index contributed by atoms with van der Waals surface area (Å²) in [6.45, 7) is 2.27. The molecule has 9 heteroatoms. The average Bonchev–Trinajstić information content (AvgIpc) is 3.35. The quantitative estimate of drug-likeness (QED) is 0.407. The molecule has 0 atom stereocenters. The van der Waals surface area contributed by atoms with Crippen LogP contribution < -0.4 is 16.4 Å². The van der Waals surface area contributed by atoms with Gasteiger partial charge in [-0.3, -0.25) is 24.4 Å². The Kier molecular flexibility index (Phi) is 5.06. The van der Waals surface area contributed by atoms with Crippen molar-refractivity contribution in [2.24, 2.45) is 0 Å². The normalized spacial score (nSPS) is 11.2. The van der Waals surface area contributed by atoms with E-state index in [0.717, 1.165) is 11.1 Å². The standard InChI is InChI=1S/C24H20N6O3/c1-15-5-3-9-29-21(15)28-22-19(24(29)32)11-18(23(31)27-13-17-7-4-10-33-17)20(25)30(22)14-16-6-2-8-26-12-16/h2-12,25H,13-14H2,1H3,(H,27,31). The molecule has 0 radical (unpaired) electrons. The lowest BCUT2D eigenvalue weighted by molar-refractivity contribution is 0.0945. The summed E-state index contributed by atoms with van der Waals surface area (Å²) in [6, 6.07) is 12.2. The van der Waals surface area contributed by atoms with Gasteiger partial charge in [-0.15, -0.1) is 0 Å². The number of carbonyl (C=O) groups is 1. The SMILES string of the molecule is Cc1cccn2c(=O)c3cc(C(=O)NCc4ccco4)c(=N)n(Cc4cccnc4)c3nc12. The molecule has 0 aliphatic carbocycles. The van der Waals surface area contributed by atoms with E-state index in [2.05, 4.69) is 10.3 Å². The zero-order chi connectivity index (χ0) is 22.9. The Balaban J connectivity index is 1.72. The topological polar surface area (TPSA) is 118 Å². The van der Waals surface area contributed by atoms with Gasteiger partial charge in [0.2, 0.25) is 0 Å². The second-order valence-electron chi connectivity index (χ2n) is 7.66. The van der Waals surface area contributed by atoms with Gasteiger partial charge < -0.3 is 14.3 Å². The van der Waals surface area contributed by atoms with Crippen molar-refractivity contribution in [3.63, 3.8) is 0 Å². The molecule has 0 aliphatic heterocycles. The van der Waals surface area contributed by atoms with E-state index >= 15 is 0 Å². The summed E-state index contributed by atoms with van der Waals surface area (Å²) < 4.78 is 8.29. The summed E-state index contributed by atoms with van der Waals surface area (Å²) in [4.78, 5) is 35.2. The van der Waals surface area contributed by atoms with Crippen molar-refractivity contribution in [3.05, 3.63) is 106 Å². The van der Waals surface area contributed by atoms with Crippen molar-refractivity contribution in [3.8, 4) is 0 Å². The van der Waals surface area contributed by atoms with Crippen LogP contribution in [0, 0.1) is 12.3 Å². The average molecular weight is 440 g/mol. The highest BCUT2D eigenvalue weighted by molar-refractivity contribution is 5.96. The van der Waals surface area contributed by atoms with E-state index in [1.165, 1.54) is 16.7 Å². The Hall–Kier alpha value is -4.53. The van der Waals surface area contributed by atoms with Crippen molar-refractivity contribution in [2.75, 3.05) is 0 Å². The van der Waals surface area contributed by atoms with Crippen molar-refractivity contribution in [1.82, 2.24) is 24.3 Å². The largest absolute Gasteiger partial charge is 0.467 e. The minimum Gasteiger partial charge on any atom is -0.467 e. The summed E-state index contributed by atoms with van der Waals surface area (Å²) >= 11 is 0. The number of hydrogen-bond acceptors (Lipinski definition) is 6. The summed E-state index contributed by atoms with van der Waals surface area (Å²) in [5, 5.41) is 11.8. The fourth-order valence-corrected chi connectivity index (χ4v) is 3.77. The molecule has 0 saturated carbocycles. The summed E-state index contributed by atoms with van der Waals surface area (Å²) in [6.07, 6.45) is 6.51. The minimum absolute atomic E-state index is 0.0480. The van der Waals surface area contributed by atoms with Gasteiger partial charge in [0.05, 0.1) is 30.3 Å². The first-order chi connectivity index (χ1) is 16.0. The summed E-state index contributed by atoms with van der Waals surface area (Å²) in [7, 11) is 0. The van der Waals surface area contributed by atoms with Crippen LogP contribution in [0.2, 0.25) is 0 Å². The first-order valence-corrected chi connectivity index (χ1v) is 10.3. The van der Waals surface area contributed by atoms with Crippen molar-refractivity contribution in [1.29, 1.82) is 5.41 Å². The number of amides is 1. The molecule has 2 N–H and O–H groups in total. The Morgan fingerprint density at radius 2 is 2.06 bits per heavy atom. The zero-order valence-electron chi connectivity index (χ0n) is 17.8. The predicted octanol–water partition coefficient (Wildman–Crippen LogP) is 2.40. The number of furan rings is 1. The minimum atomic E-state index is -0.480. The van der Waals surface area contributed by atoms with Crippen LogP contribution in [0.5, 0.6) is 0 Å². The van der Waals surface area contributed by atoms with E-state index in [0.29, 0.717) is 17.1 Å². The van der Waals surface area contributed by atoms with Gasteiger partial charge in [0, 0.05) is 18.6 Å². The number of hydrogen-bond donors (Lipinski definition) is 2. The van der Waals surface area contributed by atoms with Crippen LogP contribution in [-0.4, -0.2) is 24.8 Å².